The van der Waals surface area contributed by atoms with E-state index in [4.69, 9.17) is 4.74 Å². The van der Waals surface area contributed by atoms with Crippen molar-refractivity contribution < 1.29 is 9.53 Å². The first kappa shape index (κ1) is 17.2. The fourth-order valence-corrected chi connectivity index (χ4v) is 1.88. The van der Waals surface area contributed by atoms with Crippen molar-refractivity contribution in [2.75, 3.05) is 26.2 Å². The summed E-state index contributed by atoms with van der Waals surface area (Å²) >= 11 is 0. The molecule has 0 aliphatic heterocycles. The summed E-state index contributed by atoms with van der Waals surface area (Å²) in [6.07, 6.45) is 9.13. The average Bonchev–Trinajstić information content (AvgIpc) is 2.40. The van der Waals surface area contributed by atoms with Crippen molar-refractivity contribution in [2.24, 2.45) is 0 Å². The third-order valence-electron chi connectivity index (χ3n) is 3.09. The molecule has 0 radical (unpaired) electrons. The molecule has 0 aliphatic rings. The number of unbranched alkanes of at least 4 members (excludes halogenated alkanes) is 5. The van der Waals surface area contributed by atoms with Gasteiger partial charge in [0.15, 0.2) is 0 Å². The highest BCUT2D eigenvalue weighted by Crippen LogP contribution is 2.05. The first-order chi connectivity index (χ1) is 8.74. The van der Waals surface area contributed by atoms with Crippen molar-refractivity contribution in [2.45, 2.75) is 52.4 Å². The molecule has 106 valence electrons. The normalized spacial score (nSPS) is 10.6. The van der Waals surface area contributed by atoms with Crippen LogP contribution in [0.15, 0.2) is 12.7 Å². The van der Waals surface area contributed by atoms with Crippen LogP contribution in [0.25, 0.3) is 0 Å². The minimum absolute atomic E-state index is 0.328. The molecule has 0 rings (SSSR count). The molecule has 3 heteroatoms. The molecule has 0 N–H and O–H groups in total. The highest BCUT2D eigenvalue weighted by Gasteiger charge is 2.03. The Kier molecular flexibility index (Phi) is 12.0. The van der Waals surface area contributed by atoms with Crippen LogP contribution in [0.2, 0.25) is 0 Å². The van der Waals surface area contributed by atoms with Crippen LogP contribution in [0, 0.1) is 0 Å². The zero-order valence-electron chi connectivity index (χ0n) is 12.1. The molecule has 0 saturated carbocycles. The molecule has 0 fully saturated rings. The van der Waals surface area contributed by atoms with Gasteiger partial charge in [0.2, 0.25) is 0 Å². The lowest BCUT2D eigenvalue weighted by molar-refractivity contribution is -0.138. The van der Waals surface area contributed by atoms with Gasteiger partial charge >= 0.3 is 5.97 Å². The van der Waals surface area contributed by atoms with Crippen LogP contribution in [-0.2, 0) is 9.53 Å². The predicted molar refractivity (Wildman–Crippen MR) is 76.6 cm³/mol. The van der Waals surface area contributed by atoms with Crippen molar-refractivity contribution in [1.29, 1.82) is 0 Å². The van der Waals surface area contributed by atoms with E-state index in [9.17, 15) is 4.79 Å². The van der Waals surface area contributed by atoms with Gasteiger partial charge in [0, 0.05) is 12.6 Å². The summed E-state index contributed by atoms with van der Waals surface area (Å²) in [5, 5.41) is 0. The van der Waals surface area contributed by atoms with E-state index in [1.165, 1.54) is 44.6 Å². The predicted octanol–water partition coefficient (Wildman–Crippen LogP) is 3.40. The molecule has 0 unspecified atom stereocenters. The quantitative estimate of drug-likeness (QED) is 0.304. The lowest BCUT2D eigenvalue weighted by Crippen LogP contribution is -2.29. The largest absolute Gasteiger partial charge is 0.461 e. The second-order valence-corrected chi connectivity index (χ2v) is 4.57. The Balaban J connectivity index is 3.46. The van der Waals surface area contributed by atoms with E-state index in [1.807, 2.05) is 0 Å². The number of likely N-dealkylation sites (N-methyl/N-ethyl adjacent to an activating group) is 1. The Morgan fingerprint density at radius 2 is 1.78 bits per heavy atom. The van der Waals surface area contributed by atoms with E-state index in [1.54, 1.807) is 0 Å². The molecule has 18 heavy (non-hydrogen) atoms. The Labute approximate surface area is 112 Å². The fraction of sp³-hybridized carbons (Fsp3) is 0.800. The standard InChI is InChI=1S/C15H29NO2/c1-4-7-8-9-10-11-12-16(6-3)13-14-18-15(17)5-2/h5H,2,4,6-14H2,1,3H3. The van der Waals surface area contributed by atoms with Crippen LogP contribution in [0.4, 0.5) is 0 Å². The van der Waals surface area contributed by atoms with Crippen LogP contribution in [0.1, 0.15) is 52.4 Å². The molecule has 0 atom stereocenters. The summed E-state index contributed by atoms with van der Waals surface area (Å²) in [5.74, 6) is -0.328. The molecule has 3 nitrogen and oxygen atoms in total. The number of esters is 1. The van der Waals surface area contributed by atoms with Gasteiger partial charge in [-0.1, -0.05) is 52.5 Å². The second kappa shape index (κ2) is 12.6. The lowest BCUT2D eigenvalue weighted by atomic mass is 10.1. The van der Waals surface area contributed by atoms with Crippen molar-refractivity contribution in [3.05, 3.63) is 12.7 Å². The third-order valence-corrected chi connectivity index (χ3v) is 3.09. The fourth-order valence-electron chi connectivity index (χ4n) is 1.88. The van der Waals surface area contributed by atoms with Gasteiger partial charge < -0.3 is 9.64 Å². The molecule has 0 amide bonds. The first-order valence-corrected chi connectivity index (χ1v) is 7.26. The van der Waals surface area contributed by atoms with E-state index in [0.29, 0.717) is 6.61 Å². The SMILES string of the molecule is C=CC(=O)OCCN(CC)CCCCCCCC. The Morgan fingerprint density at radius 3 is 2.39 bits per heavy atom. The maximum atomic E-state index is 10.9. The van der Waals surface area contributed by atoms with Gasteiger partial charge in [0.25, 0.3) is 0 Å². The number of carbonyl (C=O) groups is 1. The topological polar surface area (TPSA) is 29.5 Å². The summed E-state index contributed by atoms with van der Waals surface area (Å²) in [6.45, 7) is 11.2. The van der Waals surface area contributed by atoms with E-state index >= 15 is 0 Å². The number of carbonyl (C=O) groups excluding carboxylic acids is 1. The van der Waals surface area contributed by atoms with Gasteiger partial charge in [-0.3, -0.25) is 0 Å². The number of nitrogens with zero attached hydrogens (tertiary/aromatic N) is 1. The Hall–Kier alpha value is -0.830. The molecule has 0 heterocycles. The second-order valence-electron chi connectivity index (χ2n) is 4.57. The summed E-state index contributed by atoms with van der Waals surface area (Å²) in [6, 6.07) is 0. The van der Waals surface area contributed by atoms with Crippen LogP contribution in [0.5, 0.6) is 0 Å². The van der Waals surface area contributed by atoms with Crippen LogP contribution in [-0.4, -0.2) is 37.1 Å². The smallest absolute Gasteiger partial charge is 0.330 e. The Morgan fingerprint density at radius 1 is 1.11 bits per heavy atom. The van der Waals surface area contributed by atoms with Crippen LogP contribution >= 0.6 is 0 Å². The molecule has 0 bridgehead atoms. The van der Waals surface area contributed by atoms with Gasteiger partial charge in [0.1, 0.15) is 6.61 Å². The highest BCUT2D eigenvalue weighted by molar-refractivity contribution is 5.81. The minimum Gasteiger partial charge on any atom is -0.461 e. The van der Waals surface area contributed by atoms with Gasteiger partial charge in [-0.05, 0) is 19.5 Å². The molecular weight excluding hydrogens is 226 g/mol. The van der Waals surface area contributed by atoms with E-state index in [0.717, 1.165) is 19.6 Å². The maximum absolute atomic E-state index is 10.9. The molecule has 0 spiro atoms. The highest BCUT2D eigenvalue weighted by atomic mass is 16.5. The van der Waals surface area contributed by atoms with Crippen molar-refractivity contribution in [1.82, 2.24) is 4.90 Å². The molecule has 0 aromatic carbocycles. The van der Waals surface area contributed by atoms with Gasteiger partial charge in [0.05, 0.1) is 0 Å². The van der Waals surface area contributed by atoms with Crippen LogP contribution in [0.3, 0.4) is 0 Å². The van der Waals surface area contributed by atoms with Crippen molar-refractivity contribution >= 4 is 5.97 Å². The van der Waals surface area contributed by atoms with E-state index < -0.39 is 0 Å². The van der Waals surface area contributed by atoms with Gasteiger partial charge in [-0.15, -0.1) is 0 Å². The molecule has 0 aromatic heterocycles. The van der Waals surface area contributed by atoms with Crippen molar-refractivity contribution in [3.63, 3.8) is 0 Å². The number of hydrogen-bond donors (Lipinski definition) is 0. The monoisotopic (exact) mass is 255 g/mol. The van der Waals surface area contributed by atoms with Gasteiger partial charge in [-0.2, -0.15) is 0 Å². The molecule has 0 aliphatic carbocycles. The average molecular weight is 255 g/mol. The zero-order chi connectivity index (χ0) is 13.6. The summed E-state index contributed by atoms with van der Waals surface area (Å²) < 4.78 is 4.98. The zero-order valence-corrected chi connectivity index (χ0v) is 12.1. The molecule has 0 saturated heterocycles. The maximum Gasteiger partial charge on any atom is 0.330 e. The van der Waals surface area contributed by atoms with E-state index in [-0.39, 0.29) is 5.97 Å². The van der Waals surface area contributed by atoms with E-state index in [2.05, 4.69) is 25.3 Å². The molecule has 0 aromatic rings. The summed E-state index contributed by atoms with van der Waals surface area (Å²) in [4.78, 5) is 13.2. The van der Waals surface area contributed by atoms with Crippen LogP contribution < -0.4 is 0 Å². The Bertz CT molecular complexity index is 217. The molecular formula is C15H29NO2. The minimum atomic E-state index is -0.328. The summed E-state index contributed by atoms with van der Waals surface area (Å²) in [5.41, 5.74) is 0. The summed E-state index contributed by atoms with van der Waals surface area (Å²) in [7, 11) is 0. The number of rotatable bonds is 12. The van der Waals surface area contributed by atoms with Crippen molar-refractivity contribution in [3.8, 4) is 0 Å². The lowest BCUT2D eigenvalue weighted by Gasteiger charge is -2.19. The third kappa shape index (κ3) is 10.3. The van der Waals surface area contributed by atoms with Gasteiger partial charge in [-0.25, -0.2) is 4.79 Å². The first-order valence-electron chi connectivity index (χ1n) is 7.26. The number of hydrogen-bond acceptors (Lipinski definition) is 3. The number of ether oxygens (including phenoxy) is 1.